The number of imide groups is 1. The summed E-state index contributed by atoms with van der Waals surface area (Å²) < 4.78 is 5.70. The zero-order valence-electron chi connectivity index (χ0n) is 17.5. The van der Waals surface area contributed by atoms with Gasteiger partial charge in [0.1, 0.15) is 5.75 Å². The van der Waals surface area contributed by atoms with Crippen LogP contribution in [0.25, 0.3) is 0 Å². The molecule has 0 radical (unpaired) electrons. The van der Waals surface area contributed by atoms with Gasteiger partial charge in [-0.25, -0.2) is 0 Å². The minimum Gasteiger partial charge on any atom is -0.491 e. The Kier molecular flexibility index (Phi) is 7.22. The van der Waals surface area contributed by atoms with E-state index in [9.17, 15) is 14.4 Å². The van der Waals surface area contributed by atoms with Gasteiger partial charge in [0.2, 0.25) is 5.91 Å². The second-order valence-electron chi connectivity index (χ2n) is 7.68. The van der Waals surface area contributed by atoms with Crippen molar-refractivity contribution in [1.29, 1.82) is 0 Å². The van der Waals surface area contributed by atoms with Crippen molar-refractivity contribution in [3.05, 3.63) is 65.2 Å². The standard InChI is InChI=1S/C24H28N2O4/c1-17(2)30-19-10-5-8-18(16-19)9-6-14-25-22(27)13-7-15-26-23(28)20-11-3-4-12-21(20)24(26)29/h3-5,8,10-12,16-17H,6-7,9,13-15H2,1-2H3,(H,25,27). The summed E-state index contributed by atoms with van der Waals surface area (Å²) in [4.78, 5) is 37.9. The average molecular weight is 408 g/mol. The molecule has 3 amide bonds. The van der Waals surface area contributed by atoms with E-state index in [4.69, 9.17) is 4.74 Å². The number of fused-ring (bicyclic) bond motifs is 1. The van der Waals surface area contributed by atoms with Crippen molar-refractivity contribution in [1.82, 2.24) is 10.2 Å². The van der Waals surface area contributed by atoms with Crippen LogP contribution in [0.2, 0.25) is 0 Å². The van der Waals surface area contributed by atoms with Crippen molar-refractivity contribution in [3.8, 4) is 5.75 Å². The summed E-state index contributed by atoms with van der Waals surface area (Å²) in [6.07, 6.45) is 2.55. The number of hydrogen-bond donors (Lipinski definition) is 1. The summed E-state index contributed by atoms with van der Waals surface area (Å²) in [5.41, 5.74) is 2.05. The van der Waals surface area contributed by atoms with Gasteiger partial charge in [0.15, 0.2) is 0 Å². The molecule has 0 saturated carbocycles. The number of rotatable bonds is 10. The van der Waals surface area contributed by atoms with E-state index in [1.807, 2.05) is 32.0 Å². The fourth-order valence-electron chi connectivity index (χ4n) is 3.50. The van der Waals surface area contributed by atoms with Crippen molar-refractivity contribution in [2.75, 3.05) is 13.1 Å². The van der Waals surface area contributed by atoms with Crippen LogP contribution < -0.4 is 10.1 Å². The molecule has 2 aromatic carbocycles. The maximum atomic E-state index is 12.3. The second kappa shape index (κ2) is 10.1. The van der Waals surface area contributed by atoms with Crippen LogP contribution in [-0.2, 0) is 11.2 Å². The SMILES string of the molecule is CC(C)Oc1cccc(CCCNC(=O)CCCN2C(=O)c3ccccc3C2=O)c1. The number of nitrogens with one attached hydrogen (secondary N) is 1. The quantitative estimate of drug-likeness (QED) is 0.481. The minimum absolute atomic E-state index is 0.0662. The van der Waals surface area contributed by atoms with E-state index in [-0.39, 0.29) is 36.8 Å². The number of hydrogen-bond acceptors (Lipinski definition) is 4. The van der Waals surface area contributed by atoms with E-state index >= 15 is 0 Å². The van der Waals surface area contributed by atoms with Crippen LogP contribution in [-0.4, -0.2) is 41.8 Å². The molecule has 0 bridgehead atoms. The summed E-state index contributed by atoms with van der Waals surface area (Å²) >= 11 is 0. The van der Waals surface area contributed by atoms with Crippen LogP contribution in [0.3, 0.4) is 0 Å². The highest BCUT2D eigenvalue weighted by molar-refractivity contribution is 6.21. The molecule has 1 aliphatic heterocycles. The lowest BCUT2D eigenvalue weighted by Crippen LogP contribution is -2.32. The molecule has 0 unspecified atom stereocenters. The highest BCUT2D eigenvalue weighted by atomic mass is 16.5. The Morgan fingerprint density at radius 1 is 1.00 bits per heavy atom. The monoisotopic (exact) mass is 408 g/mol. The Balaban J connectivity index is 1.34. The molecular formula is C24H28N2O4. The third-order valence-corrected chi connectivity index (χ3v) is 4.90. The molecule has 0 saturated heterocycles. The predicted molar refractivity (Wildman–Crippen MR) is 115 cm³/mol. The number of aryl methyl sites for hydroxylation is 1. The molecule has 3 rings (SSSR count). The lowest BCUT2D eigenvalue weighted by Gasteiger charge is -2.13. The normalized spacial score (nSPS) is 13.0. The molecule has 1 N–H and O–H groups in total. The Morgan fingerprint density at radius 2 is 1.70 bits per heavy atom. The largest absolute Gasteiger partial charge is 0.491 e. The molecule has 6 nitrogen and oxygen atoms in total. The number of nitrogens with zero attached hydrogens (tertiary/aromatic N) is 1. The van der Waals surface area contributed by atoms with Gasteiger partial charge in [-0.05, 0) is 62.9 Å². The van der Waals surface area contributed by atoms with Gasteiger partial charge in [0.05, 0.1) is 17.2 Å². The summed E-state index contributed by atoms with van der Waals surface area (Å²) in [5, 5.41) is 2.91. The molecule has 0 fully saturated rings. The van der Waals surface area contributed by atoms with Crippen molar-refractivity contribution >= 4 is 17.7 Å². The molecule has 158 valence electrons. The summed E-state index contributed by atoms with van der Waals surface area (Å²) in [5.74, 6) is 0.238. The number of carbonyl (C=O) groups excluding carboxylic acids is 3. The second-order valence-corrected chi connectivity index (χ2v) is 7.68. The van der Waals surface area contributed by atoms with E-state index in [1.165, 1.54) is 10.5 Å². The molecule has 1 heterocycles. The summed E-state index contributed by atoms with van der Waals surface area (Å²) in [7, 11) is 0. The first kappa shape index (κ1) is 21.6. The van der Waals surface area contributed by atoms with Crippen LogP contribution in [0.1, 0.15) is 59.4 Å². The topological polar surface area (TPSA) is 75.7 Å². The van der Waals surface area contributed by atoms with Crippen LogP contribution in [0.4, 0.5) is 0 Å². The van der Waals surface area contributed by atoms with E-state index in [0.29, 0.717) is 24.1 Å². The zero-order valence-corrected chi connectivity index (χ0v) is 17.5. The van der Waals surface area contributed by atoms with Crippen LogP contribution >= 0.6 is 0 Å². The van der Waals surface area contributed by atoms with Crippen molar-refractivity contribution in [3.63, 3.8) is 0 Å². The first-order chi connectivity index (χ1) is 14.5. The smallest absolute Gasteiger partial charge is 0.261 e. The van der Waals surface area contributed by atoms with E-state index in [2.05, 4.69) is 11.4 Å². The molecule has 0 atom stereocenters. The molecule has 1 aliphatic rings. The summed E-state index contributed by atoms with van der Waals surface area (Å²) in [6.45, 7) is 4.83. The Morgan fingerprint density at radius 3 is 2.37 bits per heavy atom. The van der Waals surface area contributed by atoms with Crippen molar-refractivity contribution in [2.24, 2.45) is 0 Å². The minimum atomic E-state index is -0.278. The van der Waals surface area contributed by atoms with Gasteiger partial charge in [-0.2, -0.15) is 0 Å². The van der Waals surface area contributed by atoms with Crippen LogP contribution in [0.15, 0.2) is 48.5 Å². The van der Waals surface area contributed by atoms with E-state index in [1.54, 1.807) is 24.3 Å². The number of ether oxygens (including phenoxy) is 1. The van der Waals surface area contributed by atoms with E-state index in [0.717, 1.165) is 18.6 Å². The van der Waals surface area contributed by atoms with Crippen LogP contribution in [0.5, 0.6) is 5.75 Å². The first-order valence-corrected chi connectivity index (χ1v) is 10.4. The highest BCUT2D eigenvalue weighted by Crippen LogP contribution is 2.22. The molecule has 6 heteroatoms. The molecule has 0 aromatic heterocycles. The van der Waals surface area contributed by atoms with Crippen molar-refractivity contribution < 1.29 is 19.1 Å². The molecule has 0 spiro atoms. The average Bonchev–Trinajstić information content (AvgIpc) is 2.96. The number of carbonyl (C=O) groups is 3. The van der Waals surface area contributed by atoms with Gasteiger partial charge in [-0.15, -0.1) is 0 Å². The number of amides is 3. The first-order valence-electron chi connectivity index (χ1n) is 10.4. The predicted octanol–water partition coefficient (Wildman–Crippen LogP) is 3.60. The van der Waals surface area contributed by atoms with Gasteiger partial charge in [0.25, 0.3) is 11.8 Å². The zero-order chi connectivity index (χ0) is 21.5. The van der Waals surface area contributed by atoms with Gasteiger partial charge in [-0.1, -0.05) is 24.3 Å². The Hall–Kier alpha value is -3.15. The van der Waals surface area contributed by atoms with Gasteiger partial charge in [-0.3, -0.25) is 19.3 Å². The summed E-state index contributed by atoms with van der Waals surface area (Å²) in [6, 6.07) is 14.8. The third-order valence-electron chi connectivity index (χ3n) is 4.90. The van der Waals surface area contributed by atoms with Gasteiger partial charge >= 0.3 is 0 Å². The molecular weight excluding hydrogens is 380 g/mol. The van der Waals surface area contributed by atoms with Gasteiger partial charge in [0, 0.05) is 19.5 Å². The van der Waals surface area contributed by atoms with Gasteiger partial charge < -0.3 is 10.1 Å². The third kappa shape index (κ3) is 5.47. The van der Waals surface area contributed by atoms with Crippen molar-refractivity contribution in [2.45, 2.75) is 45.6 Å². The highest BCUT2D eigenvalue weighted by Gasteiger charge is 2.34. The maximum Gasteiger partial charge on any atom is 0.261 e. The Bertz CT molecular complexity index is 888. The van der Waals surface area contributed by atoms with E-state index < -0.39 is 0 Å². The molecule has 30 heavy (non-hydrogen) atoms. The molecule has 0 aliphatic carbocycles. The fraction of sp³-hybridized carbons (Fsp3) is 0.375. The fourth-order valence-corrected chi connectivity index (χ4v) is 3.50. The Labute approximate surface area is 177 Å². The number of benzene rings is 2. The van der Waals surface area contributed by atoms with Crippen LogP contribution in [0, 0.1) is 0 Å². The maximum absolute atomic E-state index is 12.3. The lowest BCUT2D eigenvalue weighted by molar-refractivity contribution is -0.121. The lowest BCUT2D eigenvalue weighted by atomic mass is 10.1. The molecule has 2 aromatic rings.